The van der Waals surface area contributed by atoms with Crippen molar-refractivity contribution in [3.05, 3.63) is 45.6 Å². The van der Waals surface area contributed by atoms with Gasteiger partial charge in [0.15, 0.2) is 11.5 Å². The first-order valence-electron chi connectivity index (χ1n) is 7.24. The molecule has 1 heterocycles. The van der Waals surface area contributed by atoms with Gasteiger partial charge in [0.2, 0.25) is 5.91 Å². The Balaban J connectivity index is 1.91. The fraction of sp³-hybridized carbons (Fsp3) is 0.353. The van der Waals surface area contributed by atoms with Gasteiger partial charge < -0.3 is 19.9 Å². The molecule has 1 atom stereocenters. The van der Waals surface area contributed by atoms with Gasteiger partial charge in [0.1, 0.15) is 6.10 Å². The van der Waals surface area contributed by atoms with Gasteiger partial charge in [0, 0.05) is 11.4 Å². The first kappa shape index (κ1) is 17.3. The molecule has 1 amide bonds. The quantitative estimate of drug-likeness (QED) is 0.816. The van der Waals surface area contributed by atoms with Crippen molar-refractivity contribution >= 4 is 17.2 Å². The van der Waals surface area contributed by atoms with Gasteiger partial charge in [0.05, 0.1) is 20.6 Å². The Bertz CT molecular complexity index is 668. The molecule has 5 nitrogen and oxygen atoms in total. The number of methoxy groups -OCH3 is 2. The molecule has 1 aromatic heterocycles. The number of aliphatic hydroxyl groups is 1. The monoisotopic (exact) mass is 335 g/mol. The number of aryl methyl sites for hydroxylation is 1. The maximum Gasteiger partial charge on any atom is 0.224 e. The Labute approximate surface area is 139 Å². The Morgan fingerprint density at radius 3 is 2.61 bits per heavy atom. The van der Waals surface area contributed by atoms with Crippen LogP contribution in [0, 0.1) is 6.92 Å². The van der Waals surface area contributed by atoms with Gasteiger partial charge in [-0.25, -0.2) is 0 Å². The highest BCUT2D eigenvalue weighted by Gasteiger charge is 2.14. The molecular formula is C17H21NO4S. The summed E-state index contributed by atoms with van der Waals surface area (Å²) in [5.74, 6) is 1.07. The molecule has 2 aromatic rings. The van der Waals surface area contributed by atoms with E-state index in [0.29, 0.717) is 11.5 Å². The molecule has 0 aliphatic heterocycles. The van der Waals surface area contributed by atoms with Crippen LogP contribution in [-0.2, 0) is 11.2 Å². The Hall–Kier alpha value is -2.05. The van der Waals surface area contributed by atoms with Crippen LogP contribution < -0.4 is 14.8 Å². The van der Waals surface area contributed by atoms with E-state index in [1.54, 1.807) is 26.4 Å². The van der Waals surface area contributed by atoms with Crippen molar-refractivity contribution in [2.24, 2.45) is 0 Å². The van der Waals surface area contributed by atoms with Gasteiger partial charge in [-0.1, -0.05) is 6.07 Å². The maximum atomic E-state index is 12.0. The fourth-order valence-electron chi connectivity index (χ4n) is 2.27. The zero-order chi connectivity index (χ0) is 16.8. The van der Waals surface area contributed by atoms with Crippen molar-refractivity contribution in [2.45, 2.75) is 19.4 Å². The summed E-state index contributed by atoms with van der Waals surface area (Å²) in [6, 6.07) is 7.32. The highest BCUT2D eigenvalue weighted by molar-refractivity contribution is 7.10. The lowest BCUT2D eigenvalue weighted by atomic mass is 10.1. The Morgan fingerprint density at radius 2 is 2.00 bits per heavy atom. The SMILES string of the molecule is COc1ccc(CC(=O)NC[C@@H](O)c2sccc2C)cc1OC. The summed E-state index contributed by atoms with van der Waals surface area (Å²) in [5.41, 5.74) is 1.86. The number of hydrogen-bond donors (Lipinski definition) is 2. The van der Waals surface area contributed by atoms with E-state index in [1.807, 2.05) is 24.4 Å². The summed E-state index contributed by atoms with van der Waals surface area (Å²) in [7, 11) is 3.12. The number of ether oxygens (including phenoxy) is 2. The molecule has 1 aromatic carbocycles. The zero-order valence-electron chi connectivity index (χ0n) is 13.5. The molecule has 0 bridgehead atoms. The Morgan fingerprint density at radius 1 is 1.26 bits per heavy atom. The summed E-state index contributed by atoms with van der Waals surface area (Å²) in [4.78, 5) is 12.9. The number of rotatable bonds is 7. The van der Waals surface area contributed by atoms with E-state index in [0.717, 1.165) is 16.0 Å². The average molecular weight is 335 g/mol. The molecule has 6 heteroatoms. The number of amides is 1. The second kappa shape index (κ2) is 7.99. The van der Waals surface area contributed by atoms with Gasteiger partial charge in [-0.3, -0.25) is 4.79 Å². The van der Waals surface area contributed by atoms with E-state index >= 15 is 0 Å². The first-order valence-corrected chi connectivity index (χ1v) is 8.12. The highest BCUT2D eigenvalue weighted by Crippen LogP contribution is 2.27. The largest absolute Gasteiger partial charge is 0.493 e. The molecule has 23 heavy (non-hydrogen) atoms. The van der Waals surface area contributed by atoms with Gasteiger partial charge in [-0.2, -0.15) is 0 Å². The molecule has 0 aliphatic carbocycles. The summed E-state index contributed by atoms with van der Waals surface area (Å²) < 4.78 is 10.4. The number of nitrogens with one attached hydrogen (secondary N) is 1. The van der Waals surface area contributed by atoms with E-state index in [2.05, 4.69) is 5.32 Å². The third-order valence-electron chi connectivity index (χ3n) is 3.51. The van der Waals surface area contributed by atoms with Crippen LogP contribution in [0.25, 0.3) is 0 Å². The molecular weight excluding hydrogens is 314 g/mol. The normalized spacial score (nSPS) is 11.8. The summed E-state index contributed by atoms with van der Waals surface area (Å²) in [6.45, 7) is 2.15. The van der Waals surface area contributed by atoms with Crippen LogP contribution in [-0.4, -0.2) is 31.8 Å². The van der Waals surface area contributed by atoms with Gasteiger partial charge in [0.25, 0.3) is 0 Å². The van der Waals surface area contributed by atoms with E-state index in [1.165, 1.54) is 11.3 Å². The summed E-state index contributed by atoms with van der Waals surface area (Å²) in [5, 5.41) is 14.8. The number of carbonyl (C=O) groups excluding carboxylic acids is 1. The molecule has 2 rings (SSSR count). The van der Waals surface area contributed by atoms with E-state index < -0.39 is 6.10 Å². The van der Waals surface area contributed by atoms with E-state index in [4.69, 9.17) is 9.47 Å². The minimum Gasteiger partial charge on any atom is -0.493 e. The summed E-state index contributed by atoms with van der Waals surface area (Å²) >= 11 is 1.49. The van der Waals surface area contributed by atoms with Crippen LogP contribution in [0.15, 0.2) is 29.6 Å². The van der Waals surface area contributed by atoms with Crippen molar-refractivity contribution < 1.29 is 19.4 Å². The number of hydrogen-bond acceptors (Lipinski definition) is 5. The molecule has 0 radical (unpaired) electrons. The molecule has 0 fully saturated rings. The number of benzene rings is 1. The molecule has 0 aliphatic rings. The smallest absolute Gasteiger partial charge is 0.224 e. The average Bonchev–Trinajstić information content (AvgIpc) is 2.98. The molecule has 2 N–H and O–H groups in total. The van der Waals surface area contributed by atoms with Crippen molar-refractivity contribution in [2.75, 3.05) is 20.8 Å². The number of carbonyl (C=O) groups is 1. The van der Waals surface area contributed by atoms with Crippen LogP contribution in [0.5, 0.6) is 11.5 Å². The second-order valence-electron chi connectivity index (χ2n) is 5.15. The zero-order valence-corrected chi connectivity index (χ0v) is 14.3. The number of aliphatic hydroxyl groups excluding tert-OH is 1. The molecule has 124 valence electrons. The van der Waals surface area contributed by atoms with Crippen molar-refractivity contribution in [3.63, 3.8) is 0 Å². The molecule has 0 unspecified atom stereocenters. The molecule has 0 saturated heterocycles. The van der Waals surface area contributed by atoms with Crippen LogP contribution >= 0.6 is 11.3 Å². The van der Waals surface area contributed by atoms with E-state index in [-0.39, 0.29) is 18.9 Å². The summed E-state index contributed by atoms with van der Waals surface area (Å²) in [6.07, 6.45) is -0.458. The van der Waals surface area contributed by atoms with Crippen molar-refractivity contribution in [1.29, 1.82) is 0 Å². The lowest BCUT2D eigenvalue weighted by Gasteiger charge is -2.12. The molecule has 0 saturated carbocycles. The van der Waals surface area contributed by atoms with Crippen LogP contribution in [0.4, 0.5) is 0 Å². The third kappa shape index (κ3) is 4.46. The van der Waals surface area contributed by atoms with Crippen LogP contribution in [0.2, 0.25) is 0 Å². The van der Waals surface area contributed by atoms with Gasteiger partial charge in [-0.05, 0) is 41.6 Å². The topological polar surface area (TPSA) is 67.8 Å². The second-order valence-corrected chi connectivity index (χ2v) is 6.10. The molecule has 0 spiro atoms. The highest BCUT2D eigenvalue weighted by atomic mass is 32.1. The maximum absolute atomic E-state index is 12.0. The fourth-order valence-corrected chi connectivity index (χ4v) is 3.18. The first-order chi connectivity index (χ1) is 11.0. The van der Waals surface area contributed by atoms with Crippen molar-refractivity contribution in [1.82, 2.24) is 5.32 Å². The standard InChI is InChI=1S/C17H21NO4S/c1-11-6-7-23-17(11)13(19)10-18-16(20)9-12-4-5-14(21-2)15(8-12)22-3/h4-8,13,19H,9-10H2,1-3H3,(H,18,20)/t13-/m1/s1. The predicted molar refractivity (Wildman–Crippen MR) is 90.3 cm³/mol. The van der Waals surface area contributed by atoms with Gasteiger partial charge in [-0.15, -0.1) is 11.3 Å². The van der Waals surface area contributed by atoms with E-state index in [9.17, 15) is 9.90 Å². The minimum atomic E-state index is -0.677. The van der Waals surface area contributed by atoms with Crippen LogP contribution in [0.1, 0.15) is 22.1 Å². The lowest BCUT2D eigenvalue weighted by Crippen LogP contribution is -2.29. The van der Waals surface area contributed by atoms with Crippen LogP contribution in [0.3, 0.4) is 0 Å². The van der Waals surface area contributed by atoms with Gasteiger partial charge >= 0.3 is 0 Å². The predicted octanol–water partition coefficient (Wildman–Crippen LogP) is 2.47. The van der Waals surface area contributed by atoms with Crippen molar-refractivity contribution in [3.8, 4) is 11.5 Å². The minimum absolute atomic E-state index is 0.148. The number of thiophene rings is 1. The lowest BCUT2D eigenvalue weighted by molar-refractivity contribution is -0.120. The Kier molecular flexibility index (Phi) is 6.01. The third-order valence-corrected chi connectivity index (χ3v) is 4.63.